The highest BCUT2D eigenvalue weighted by Crippen LogP contribution is 2.40. The van der Waals surface area contributed by atoms with Gasteiger partial charge in [-0.05, 0) is 52.8 Å². The third-order valence-electron chi connectivity index (χ3n) is 8.95. The Morgan fingerprint density at radius 3 is 2.27 bits per heavy atom. The number of thiazole rings is 1. The maximum Gasteiger partial charge on any atom is 0.243 e. The number of aliphatic hydroxyl groups excluding tert-OH is 1. The van der Waals surface area contributed by atoms with Crippen molar-refractivity contribution < 1.29 is 29.4 Å². The first-order chi connectivity index (χ1) is 25.0. The number of rotatable bonds is 16. The van der Waals surface area contributed by atoms with E-state index in [9.17, 15) is 14.7 Å². The zero-order valence-electron chi connectivity index (χ0n) is 28.3. The van der Waals surface area contributed by atoms with Crippen molar-refractivity contribution in [2.24, 2.45) is 0 Å². The second-order valence-corrected chi connectivity index (χ2v) is 14.9. The summed E-state index contributed by atoms with van der Waals surface area (Å²) < 4.78 is 15.4. The Labute approximate surface area is 306 Å². The number of carbonyl (C=O) groups is 2. The quantitative estimate of drug-likeness (QED) is 0.0346. The van der Waals surface area contributed by atoms with Crippen LogP contribution in [0.25, 0.3) is 21.3 Å². The Hall–Kier alpha value is -4.10. The Balaban J connectivity index is 1.09. The molecule has 1 aromatic heterocycles. The first-order valence-corrected chi connectivity index (χ1v) is 19.2. The summed E-state index contributed by atoms with van der Waals surface area (Å²) in [6, 6.07) is 32.4. The van der Waals surface area contributed by atoms with E-state index >= 15 is 0 Å². The SMILES string of the molecule is O=C(CCCCCCC(=O)NCc1ccccc1-c1ccc([C@@H]2O[C@H](CSc3nc4ccccc4s3)C[C@H](c3ccc(CO)cc3)O2)cc1)NO. The summed E-state index contributed by atoms with van der Waals surface area (Å²) in [6.07, 6.45) is 3.73. The van der Waals surface area contributed by atoms with Crippen LogP contribution in [0.1, 0.15) is 79.6 Å². The molecule has 6 rings (SSSR count). The zero-order chi connectivity index (χ0) is 35.4. The van der Waals surface area contributed by atoms with Gasteiger partial charge in [0.25, 0.3) is 0 Å². The highest BCUT2D eigenvalue weighted by Gasteiger charge is 2.32. The van der Waals surface area contributed by atoms with E-state index < -0.39 is 6.29 Å². The monoisotopic (exact) mass is 725 g/mol. The second kappa shape index (κ2) is 18.4. The smallest absolute Gasteiger partial charge is 0.243 e. The van der Waals surface area contributed by atoms with Crippen LogP contribution in [-0.4, -0.2) is 39.0 Å². The lowest BCUT2D eigenvalue weighted by Gasteiger charge is -2.36. The number of nitrogens with one attached hydrogen (secondary N) is 2. The topological polar surface area (TPSA) is 130 Å². The number of thioether (sulfide) groups is 1. The third-order valence-corrected chi connectivity index (χ3v) is 11.3. The van der Waals surface area contributed by atoms with Crippen LogP contribution in [0.3, 0.4) is 0 Å². The Morgan fingerprint density at radius 2 is 1.53 bits per heavy atom. The van der Waals surface area contributed by atoms with Crippen LogP contribution in [0.2, 0.25) is 0 Å². The minimum absolute atomic E-state index is 0.00264. The fourth-order valence-corrected chi connectivity index (χ4v) is 8.25. The molecule has 51 heavy (non-hydrogen) atoms. The van der Waals surface area contributed by atoms with E-state index in [2.05, 4.69) is 41.7 Å². The number of para-hydroxylation sites is 1. The number of unbranched alkanes of at least 4 members (excludes halogenated alkanes) is 3. The standard InChI is InChI=1S/C40H43N3O6S2/c44-25-27-15-17-29(18-16-27)35-23-32(26-50-40-42-34-11-7-8-12-36(34)51-40)48-39(49-35)30-21-19-28(20-22-30)33-10-6-5-9-31(33)24-41-37(45)13-3-1-2-4-14-38(46)43-47/h5-12,15-22,32,35,39,44,47H,1-4,13-14,23-26H2,(H,41,45)(H,43,46)/t32-,35+,39+/m0/s1. The zero-order valence-corrected chi connectivity index (χ0v) is 30.0. The number of hydrogen-bond donors (Lipinski definition) is 4. The molecule has 11 heteroatoms. The van der Waals surface area contributed by atoms with Gasteiger partial charge >= 0.3 is 0 Å². The van der Waals surface area contributed by atoms with E-state index in [1.807, 2.05) is 60.7 Å². The predicted octanol–water partition coefficient (Wildman–Crippen LogP) is 8.26. The minimum Gasteiger partial charge on any atom is -0.392 e. The van der Waals surface area contributed by atoms with Crippen molar-refractivity contribution in [3.05, 3.63) is 119 Å². The number of hydroxylamine groups is 1. The van der Waals surface area contributed by atoms with Crippen molar-refractivity contribution in [2.45, 2.75) is 80.9 Å². The molecule has 0 aliphatic carbocycles. The lowest BCUT2D eigenvalue weighted by molar-refractivity contribution is -0.245. The van der Waals surface area contributed by atoms with Gasteiger partial charge in [-0.25, -0.2) is 10.5 Å². The molecule has 1 fully saturated rings. The molecule has 4 aromatic carbocycles. The maximum atomic E-state index is 12.6. The predicted molar refractivity (Wildman–Crippen MR) is 200 cm³/mol. The number of hydrogen-bond acceptors (Lipinski definition) is 9. The van der Waals surface area contributed by atoms with Crippen molar-refractivity contribution in [1.29, 1.82) is 0 Å². The van der Waals surface area contributed by atoms with Crippen LogP contribution >= 0.6 is 23.1 Å². The first-order valence-electron chi connectivity index (χ1n) is 17.4. The van der Waals surface area contributed by atoms with Gasteiger partial charge in [0.05, 0.1) is 29.0 Å². The number of benzene rings is 4. The molecule has 2 heterocycles. The van der Waals surface area contributed by atoms with Crippen molar-refractivity contribution in [3.63, 3.8) is 0 Å². The molecule has 1 aliphatic rings. The molecule has 3 atom stereocenters. The van der Waals surface area contributed by atoms with Gasteiger partial charge in [-0.2, -0.15) is 0 Å². The minimum atomic E-state index is -0.558. The fourth-order valence-electron chi connectivity index (χ4n) is 6.14. The van der Waals surface area contributed by atoms with Crippen molar-refractivity contribution in [2.75, 3.05) is 5.75 Å². The van der Waals surface area contributed by atoms with Gasteiger partial charge < -0.3 is 19.9 Å². The van der Waals surface area contributed by atoms with E-state index in [-0.39, 0.29) is 37.0 Å². The van der Waals surface area contributed by atoms with Crippen LogP contribution in [0.4, 0.5) is 0 Å². The number of ether oxygens (including phenoxy) is 2. The van der Waals surface area contributed by atoms with Gasteiger partial charge in [0.15, 0.2) is 10.6 Å². The van der Waals surface area contributed by atoms with Crippen molar-refractivity contribution >= 4 is 45.1 Å². The lowest BCUT2D eigenvalue weighted by Crippen LogP contribution is -2.31. The van der Waals surface area contributed by atoms with Gasteiger partial charge in [-0.3, -0.25) is 14.8 Å². The van der Waals surface area contributed by atoms with Gasteiger partial charge in [0.2, 0.25) is 11.8 Å². The third kappa shape index (κ3) is 10.2. The Morgan fingerprint density at radius 1 is 0.824 bits per heavy atom. The molecule has 0 saturated carbocycles. The Kier molecular flexibility index (Phi) is 13.2. The highest BCUT2D eigenvalue weighted by molar-refractivity contribution is 8.01. The van der Waals surface area contributed by atoms with Crippen molar-refractivity contribution in [1.82, 2.24) is 15.8 Å². The molecule has 1 saturated heterocycles. The molecule has 5 aromatic rings. The van der Waals surface area contributed by atoms with Gasteiger partial charge in [0, 0.05) is 37.1 Å². The van der Waals surface area contributed by atoms with Crippen LogP contribution in [0, 0.1) is 0 Å². The second-order valence-electron chi connectivity index (χ2n) is 12.6. The fraction of sp³-hybridized carbons (Fsp3) is 0.325. The molecule has 9 nitrogen and oxygen atoms in total. The number of carbonyl (C=O) groups excluding carboxylic acids is 2. The average Bonchev–Trinajstić information content (AvgIpc) is 3.61. The molecule has 2 amide bonds. The first kappa shape index (κ1) is 36.7. The molecule has 0 unspecified atom stereocenters. The van der Waals surface area contributed by atoms with E-state index in [1.165, 1.54) is 4.70 Å². The van der Waals surface area contributed by atoms with E-state index in [0.717, 1.165) is 68.3 Å². The maximum absolute atomic E-state index is 12.6. The molecule has 4 N–H and O–H groups in total. The van der Waals surface area contributed by atoms with E-state index in [1.54, 1.807) is 28.6 Å². The molecule has 1 aliphatic heterocycles. The van der Waals surface area contributed by atoms with E-state index in [0.29, 0.717) is 25.8 Å². The van der Waals surface area contributed by atoms with Crippen LogP contribution in [0.15, 0.2) is 101 Å². The summed E-state index contributed by atoms with van der Waals surface area (Å²) >= 11 is 3.41. The number of fused-ring (bicyclic) bond motifs is 1. The number of nitrogens with zero attached hydrogens (tertiary/aromatic N) is 1. The highest BCUT2D eigenvalue weighted by atomic mass is 32.2. The van der Waals surface area contributed by atoms with Crippen molar-refractivity contribution in [3.8, 4) is 11.1 Å². The van der Waals surface area contributed by atoms with Gasteiger partial charge in [-0.1, -0.05) is 110 Å². The summed E-state index contributed by atoms with van der Waals surface area (Å²) in [6.45, 7) is 0.421. The summed E-state index contributed by atoms with van der Waals surface area (Å²) in [7, 11) is 0. The summed E-state index contributed by atoms with van der Waals surface area (Å²) in [4.78, 5) is 28.5. The van der Waals surface area contributed by atoms with Gasteiger partial charge in [0.1, 0.15) is 0 Å². The number of amides is 2. The Bertz CT molecular complexity index is 1850. The largest absolute Gasteiger partial charge is 0.392 e. The number of aliphatic hydroxyl groups is 1. The van der Waals surface area contributed by atoms with E-state index in [4.69, 9.17) is 19.7 Å². The molecule has 0 spiro atoms. The molecule has 0 bridgehead atoms. The number of aromatic nitrogens is 1. The van der Waals surface area contributed by atoms with Crippen LogP contribution in [0.5, 0.6) is 0 Å². The average molecular weight is 726 g/mol. The summed E-state index contributed by atoms with van der Waals surface area (Å²) in [5.74, 6) is 0.356. The lowest BCUT2D eigenvalue weighted by atomic mass is 9.97. The normalized spacial score (nSPS) is 17.3. The molecular formula is C40H43N3O6S2. The van der Waals surface area contributed by atoms with Gasteiger partial charge in [-0.15, -0.1) is 11.3 Å². The summed E-state index contributed by atoms with van der Waals surface area (Å²) in [5.41, 5.74) is 8.59. The molecule has 266 valence electrons. The summed E-state index contributed by atoms with van der Waals surface area (Å²) in [5, 5.41) is 21.2. The van der Waals surface area contributed by atoms with Crippen LogP contribution in [-0.2, 0) is 32.2 Å². The molecular weight excluding hydrogens is 683 g/mol. The molecule has 0 radical (unpaired) electrons. The van der Waals surface area contributed by atoms with Crippen LogP contribution < -0.4 is 10.8 Å².